The fourth-order valence-electron chi connectivity index (χ4n) is 5.85. The maximum Gasteiger partial charge on any atom is 0.220 e. The number of ether oxygens (including phenoxy) is 1. The monoisotopic (exact) mass is 683 g/mol. The van der Waals surface area contributed by atoms with Crippen LogP contribution in [0.1, 0.15) is 81.4 Å². The second kappa shape index (κ2) is 17.5. The van der Waals surface area contributed by atoms with E-state index in [1.165, 1.54) is 0 Å². The number of amides is 1. The number of carbonyl (C=O) groups excluding carboxylic acids is 1. The predicted molar refractivity (Wildman–Crippen MR) is 188 cm³/mol. The van der Waals surface area contributed by atoms with Crippen LogP contribution in [0.25, 0.3) is 5.57 Å². The lowest BCUT2D eigenvalue weighted by Crippen LogP contribution is -2.49. The quantitative estimate of drug-likeness (QED) is 0.0813. The van der Waals surface area contributed by atoms with E-state index < -0.39 is 31.0 Å². The number of aliphatic imine (C=N–C) groups is 1. The van der Waals surface area contributed by atoms with Crippen LogP contribution in [-0.2, 0) is 11.3 Å². The molecule has 0 radical (unpaired) electrons. The highest BCUT2D eigenvalue weighted by atomic mass is 35.5. The highest BCUT2D eigenvalue weighted by Gasteiger charge is 2.47. The third-order valence-corrected chi connectivity index (χ3v) is 9.56. The van der Waals surface area contributed by atoms with Crippen molar-refractivity contribution in [3.8, 4) is 5.75 Å². The normalized spacial score (nSPS) is 19.2. The van der Waals surface area contributed by atoms with E-state index in [0.717, 1.165) is 65.7 Å². The summed E-state index contributed by atoms with van der Waals surface area (Å²) in [7, 11) is 0. The fraction of sp³-hybridized carbons (Fsp3) is 0.514. The van der Waals surface area contributed by atoms with Crippen LogP contribution in [0.5, 0.6) is 5.75 Å². The molecular weight excluding hydrogens is 634 g/mol. The van der Waals surface area contributed by atoms with Crippen molar-refractivity contribution in [1.82, 2.24) is 10.6 Å². The first-order valence-electron chi connectivity index (χ1n) is 16.8. The summed E-state index contributed by atoms with van der Waals surface area (Å²) in [5.74, 6) is 0.734. The number of halogens is 1. The molecule has 4 rings (SSSR count). The van der Waals surface area contributed by atoms with Crippen LogP contribution in [0, 0.1) is 0 Å². The number of allylic oxidation sites excluding steroid dienone is 1. The minimum absolute atomic E-state index is 0.157. The molecule has 10 nitrogen and oxygen atoms in total. The van der Waals surface area contributed by atoms with Crippen molar-refractivity contribution < 1.29 is 35.1 Å². The highest BCUT2D eigenvalue weighted by Crippen LogP contribution is 2.49. The number of benzene rings is 2. The summed E-state index contributed by atoms with van der Waals surface area (Å²) in [4.78, 5) is 16.5. The number of carbonyl (C=O) groups is 1. The van der Waals surface area contributed by atoms with Gasteiger partial charge in [-0.3, -0.25) is 9.79 Å². The highest BCUT2D eigenvalue weighted by molar-refractivity contribution is 6.31. The van der Waals surface area contributed by atoms with E-state index >= 15 is 0 Å². The van der Waals surface area contributed by atoms with Gasteiger partial charge in [0.05, 0.1) is 18.8 Å². The van der Waals surface area contributed by atoms with Gasteiger partial charge in [-0.25, -0.2) is 0 Å². The summed E-state index contributed by atoms with van der Waals surface area (Å²) < 4.78 is 6.25. The minimum Gasteiger partial charge on any atom is -0.490 e. The van der Waals surface area contributed by atoms with E-state index in [-0.39, 0.29) is 36.4 Å². The van der Waals surface area contributed by atoms with Crippen molar-refractivity contribution in [3.05, 3.63) is 82.0 Å². The van der Waals surface area contributed by atoms with Gasteiger partial charge in [-0.05, 0) is 92.5 Å². The molecule has 2 aromatic rings. The molecule has 0 aliphatic heterocycles. The summed E-state index contributed by atoms with van der Waals surface area (Å²) >= 11 is 6.68. The van der Waals surface area contributed by atoms with Gasteiger partial charge < -0.3 is 40.9 Å². The van der Waals surface area contributed by atoms with Gasteiger partial charge in [0.15, 0.2) is 0 Å². The number of rotatable bonds is 20. The molecule has 2 fully saturated rings. The molecule has 5 atom stereocenters. The van der Waals surface area contributed by atoms with Gasteiger partial charge in [0.2, 0.25) is 5.91 Å². The third kappa shape index (κ3) is 9.98. The van der Waals surface area contributed by atoms with Crippen LogP contribution in [-0.4, -0.2) is 87.4 Å². The van der Waals surface area contributed by atoms with E-state index in [0.29, 0.717) is 18.0 Å². The maximum absolute atomic E-state index is 12.4. The van der Waals surface area contributed by atoms with Crippen molar-refractivity contribution in [1.29, 1.82) is 0 Å². The molecule has 2 saturated carbocycles. The van der Waals surface area contributed by atoms with Gasteiger partial charge in [-0.15, -0.1) is 0 Å². The van der Waals surface area contributed by atoms with Crippen molar-refractivity contribution in [2.24, 2.45) is 4.99 Å². The molecule has 0 bridgehead atoms. The molecule has 48 heavy (non-hydrogen) atoms. The second-order valence-corrected chi connectivity index (χ2v) is 13.3. The largest absolute Gasteiger partial charge is 0.490 e. The first kappa shape index (κ1) is 37.7. The average Bonchev–Trinajstić information content (AvgIpc) is 4.04. The average molecular weight is 684 g/mol. The van der Waals surface area contributed by atoms with Crippen LogP contribution < -0.4 is 15.4 Å². The van der Waals surface area contributed by atoms with Crippen molar-refractivity contribution in [2.75, 3.05) is 13.2 Å². The van der Waals surface area contributed by atoms with Crippen LogP contribution in [0.2, 0.25) is 5.02 Å². The number of hydrogen-bond donors (Lipinski definition) is 7. The molecule has 2 aliphatic carbocycles. The van der Waals surface area contributed by atoms with Crippen LogP contribution in [0.4, 0.5) is 0 Å². The molecule has 0 heterocycles. The van der Waals surface area contributed by atoms with E-state index in [1.807, 2.05) is 43.5 Å². The number of hydrogen-bond acceptors (Lipinski definition) is 9. The SMILES string of the molecule is C=N/C=C(\C(=C/C)c1ccccc1OC1CC1)C1(NCc2cc(C(C)CCCC(=O)NC[C@H](O)[C@@H](O)[C@H](O)[C@H](O)CO)ccc2Cl)CC1. The second-order valence-electron chi connectivity index (χ2n) is 12.9. The summed E-state index contributed by atoms with van der Waals surface area (Å²) in [6.07, 6.45) is 3.32. The molecule has 0 spiro atoms. The van der Waals surface area contributed by atoms with E-state index in [4.69, 9.17) is 21.4 Å². The lowest BCUT2D eigenvalue weighted by atomic mass is 9.90. The van der Waals surface area contributed by atoms with E-state index in [9.17, 15) is 25.2 Å². The maximum atomic E-state index is 12.4. The van der Waals surface area contributed by atoms with Gasteiger partial charge in [-0.2, -0.15) is 0 Å². The smallest absolute Gasteiger partial charge is 0.220 e. The molecular formula is C37H50ClN3O7. The number of aliphatic hydroxyl groups excluding tert-OH is 5. The Bertz CT molecular complexity index is 1460. The van der Waals surface area contributed by atoms with Gasteiger partial charge >= 0.3 is 0 Å². The van der Waals surface area contributed by atoms with Crippen molar-refractivity contribution >= 4 is 29.8 Å². The van der Waals surface area contributed by atoms with E-state index in [2.05, 4.69) is 47.5 Å². The van der Waals surface area contributed by atoms with E-state index in [1.54, 1.807) is 0 Å². The van der Waals surface area contributed by atoms with Crippen LogP contribution in [0.3, 0.4) is 0 Å². The fourth-order valence-corrected chi connectivity index (χ4v) is 6.03. The van der Waals surface area contributed by atoms with Crippen LogP contribution in [0.15, 0.2) is 65.3 Å². The first-order valence-corrected chi connectivity index (χ1v) is 17.1. The van der Waals surface area contributed by atoms with Crippen LogP contribution >= 0.6 is 11.6 Å². The molecule has 262 valence electrons. The number of nitrogens with one attached hydrogen (secondary N) is 2. The predicted octanol–water partition coefficient (Wildman–Crippen LogP) is 4.02. The summed E-state index contributed by atoms with van der Waals surface area (Å²) in [6.45, 7) is 7.40. The zero-order chi connectivity index (χ0) is 34.8. The summed E-state index contributed by atoms with van der Waals surface area (Å²) in [6, 6.07) is 14.2. The minimum atomic E-state index is -1.74. The first-order chi connectivity index (χ1) is 23.0. The van der Waals surface area contributed by atoms with Crippen molar-refractivity contribution in [3.63, 3.8) is 0 Å². The molecule has 0 saturated heterocycles. The van der Waals surface area contributed by atoms with Crippen molar-refractivity contribution in [2.45, 2.75) is 107 Å². The molecule has 11 heteroatoms. The van der Waals surface area contributed by atoms with Gasteiger partial charge in [0.1, 0.15) is 24.1 Å². The molecule has 7 N–H and O–H groups in total. The Kier molecular flexibility index (Phi) is 13.8. The molecule has 1 unspecified atom stereocenters. The molecule has 1 amide bonds. The summed E-state index contributed by atoms with van der Waals surface area (Å²) in [5.41, 5.74) is 5.02. The number of para-hydroxylation sites is 1. The lowest BCUT2D eigenvalue weighted by Gasteiger charge is -2.25. The van der Waals surface area contributed by atoms with Gasteiger partial charge in [-0.1, -0.05) is 54.9 Å². The Morgan fingerprint density at radius 1 is 1.12 bits per heavy atom. The topological polar surface area (TPSA) is 164 Å². The van der Waals surface area contributed by atoms with Gasteiger partial charge in [0, 0.05) is 41.8 Å². The third-order valence-electron chi connectivity index (χ3n) is 9.19. The molecule has 2 aromatic carbocycles. The number of nitrogens with zero attached hydrogens (tertiary/aromatic N) is 1. The zero-order valence-electron chi connectivity index (χ0n) is 27.8. The zero-order valence-corrected chi connectivity index (χ0v) is 28.6. The Labute approximate surface area is 288 Å². The Morgan fingerprint density at radius 2 is 1.83 bits per heavy atom. The van der Waals surface area contributed by atoms with Gasteiger partial charge in [0.25, 0.3) is 0 Å². The molecule has 0 aromatic heterocycles. The number of aliphatic hydroxyl groups is 5. The Balaban J connectivity index is 1.33. The Morgan fingerprint density at radius 3 is 2.48 bits per heavy atom. The lowest BCUT2D eigenvalue weighted by molar-refractivity contribution is -0.126. The Hall–Kier alpha value is -3.09. The standard InChI is InChI=1S/C37H50ClN3O7/c1-4-27(28-9-5-6-10-33(28)48-26-13-14-26)29(20-39-3)37(16-17-37)41-19-25-18-24(12-15-30(25)38)23(2)8-7-11-34(45)40-21-31(43)35(46)36(47)32(44)22-42/h4-6,9-10,12,15,18,20,23,26,31-32,35-36,41-44,46-47H,3,7-8,11,13-14,16-17,19,21-22H2,1-2H3,(H,40,45)/b27-4-,29-20+/t23?,31-,32+,35+,36+/m0/s1. The molecule has 2 aliphatic rings. The summed E-state index contributed by atoms with van der Waals surface area (Å²) in [5, 5.41) is 55.0.